The number of rotatable bonds is 4. The Balaban J connectivity index is 1.55. The number of nitro groups is 1. The van der Waals surface area contributed by atoms with Crippen molar-refractivity contribution in [2.24, 2.45) is 0 Å². The average Bonchev–Trinajstić information content (AvgIpc) is 2.78. The highest BCUT2D eigenvalue weighted by Gasteiger charge is 2.34. The highest BCUT2D eigenvalue weighted by Crippen LogP contribution is 2.38. The fourth-order valence-corrected chi connectivity index (χ4v) is 4.91. The molecule has 1 aliphatic heterocycles. The van der Waals surface area contributed by atoms with Gasteiger partial charge in [-0.2, -0.15) is 18.2 Å². The number of ether oxygens (including phenoxy) is 1. The van der Waals surface area contributed by atoms with Crippen molar-refractivity contribution < 1.29 is 27.6 Å². The summed E-state index contributed by atoms with van der Waals surface area (Å²) in [6.07, 6.45) is -4.48. The molecule has 178 valence electrons. The molecule has 0 unspecified atom stereocenters. The van der Waals surface area contributed by atoms with E-state index in [0.717, 1.165) is 11.3 Å². The first kappa shape index (κ1) is 23.9. The number of nitrogens with zero attached hydrogens (tertiary/aromatic N) is 3. The molecule has 3 aromatic rings. The van der Waals surface area contributed by atoms with Crippen LogP contribution in [0.3, 0.4) is 0 Å². The van der Waals surface area contributed by atoms with Gasteiger partial charge < -0.3 is 9.64 Å². The second-order valence-electron chi connectivity index (χ2n) is 7.50. The molecule has 0 bridgehead atoms. The normalized spacial score (nSPS) is 14.9. The summed E-state index contributed by atoms with van der Waals surface area (Å²) in [5.74, 6) is -0.561. The second-order valence-corrected chi connectivity index (χ2v) is 8.88. The molecule has 0 saturated carbocycles. The van der Waals surface area contributed by atoms with Crippen LogP contribution < -0.4 is 10.5 Å². The minimum atomic E-state index is -4.85. The van der Waals surface area contributed by atoms with E-state index in [9.17, 15) is 32.9 Å². The number of carbonyl (C=O) groups is 1. The van der Waals surface area contributed by atoms with E-state index in [4.69, 9.17) is 16.3 Å². The van der Waals surface area contributed by atoms with Gasteiger partial charge in [0.1, 0.15) is 10.8 Å². The number of anilines is 1. The summed E-state index contributed by atoms with van der Waals surface area (Å²) in [7, 11) is 0. The van der Waals surface area contributed by atoms with Crippen LogP contribution in [0, 0.1) is 10.1 Å². The van der Waals surface area contributed by atoms with Gasteiger partial charge in [0, 0.05) is 32.0 Å². The van der Waals surface area contributed by atoms with Crippen molar-refractivity contribution in [3.8, 4) is 0 Å². The number of carbonyl (C=O) groups excluding carboxylic acids is 1. The maximum absolute atomic E-state index is 13.1. The van der Waals surface area contributed by atoms with Gasteiger partial charge in [0.2, 0.25) is 0 Å². The Labute approximate surface area is 198 Å². The Morgan fingerprint density at radius 3 is 2.53 bits per heavy atom. The predicted octanol–water partition coefficient (Wildman–Crippen LogP) is 5.06. The Morgan fingerprint density at radius 1 is 1.24 bits per heavy atom. The lowest BCUT2D eigenvalue weighted by Crippen LogP contribution is -2.38. The first-order chi connectivity index (χ1) is 16.0. The van der Waals surface area contributed by atoms with Crippen LogP contribution in [0.15, 0.2) is 41.2 Å². The van der Waals surface area contributed by atoms with E-state index in [1.807, 2.05) is 0 Å². The third-order valence-electron chi connectivity index (χ3n) is 5.29. The number of esters is 1. The molecule has 1 fully saturated rings. The van der Waals surface area contributed by atoms with Crippen LogP contribution in [-0.4, -0.2) is 35.1 Å². The maximum atomic E-state index is 13.1. The zero-order valence-electron chi connectivity index (χ0n) is 17.2. The fourth-order valence-electron chi connectivity index (χ4n) is 3.58. The number of aromatic nitrogens is 1. The largest absolute Gasteiger partial charge is 0.459 e. The van der Waals surface area contributed by atoms with Crippen molar-refractivity contribution in [1.82, 2.24) is 4.98 Å². The average molecular weight is 514 g/mol. The Hall–Kier alpha value is -3.25. The molecule has 1 aromatic heterocycles. The number of nitro benzene ring substituents is 1. The lowest BCUT2D eigenvalue weighted by Gasteiger charge is -2.31. The summed E-state index contributed by atoms with van der Waals surface area (Å²) in [6.45, 7) is 0.646. The molecule has 2 heterocycles. The van der Waals surface area contributed by atoms with E-state index >= 15 is 0 Å². The highest BCUT2D eigenvalue weighted by atomic mass is 35.5. The van der Waals surface area contributed by atoms with E-state index in [-0.39, 0.29) is 20.4 Å². The van der Waals surface area contributed by atoms with Crippen LogP contribution in [0.25, 0.3) is 10.1 Å². The van der Waals surface area contributed by atoms with E-state index in [1.165, 1.54) is 0 Å². The second kappa shape index (κ2) is 9.18. The number of piperidine rings is 1. The predicted molar refractivity (Wildman–Crippen MR) is 120 cm³/mol. The van der Waals surface area contributed by atoms with Crippen molar-refractivity contribution in [1.29, 1.82) is 0 Å². The van der Waals surface area contributed by atoms with Gasteiger partial charge in [0.15, 0.2) is 5.13 Å². The van der Waals surface area contributed by atoms with Crippen LogP contribution in [0.1, 0.15) is 28.8 Å². The van der Waals surface area contributed by atoms with Gasteiger partial charge in [-0.3, -0.25) is 14.9 Å². The van der Waals surface area contributed by atoms with Gasteiger partial charge >= 0.3 is 12.1 Å². The van der Waals surface area contributed by atoms with E-state index < -0.39 is 45.4 Å². The molecule has 4 rings (SSSR count). The van der Waals surface area contributed by atoms with Crippen molar-refractivity contribution in [2.45, 2.75) is 25.1 Å². The molecule has 0 atom stereocenters. The molecule has 0 amide bonds. The van der Waals surface area contributed by atoms with Crippen LogP contribution in [0.2, 0.25) is 5.02 Å². The zero-order valence-corrected chi connectivity index (χ0v) is 18.7. The summed E-state index contributed by atoms with van der Waals surface area (Å²) < 4.78 is 44.7. The maximum Gasteiger partial charge on any atom is 0.416 e. The van der Waals surface area contributed by atoms with Gasteiger partial charge in [-0.25, -0.2) is 4.79 Å². The first-order valence-electron chi connectivity index (χ1n) is 9.95. The summed E-state index contributed by atoms with van der Waals surface area (Å²) in [6, 6.07) is 7.47. The minimum absolute atomic E-state index is 0.149. The fraction of sp³-hybridized carbons (Fsp3) is 0.286. The van der Waals surface area contributed by atoms with Gasteiger partial charge in [-0.1, -0.05) is 35.1 Å². The number of non-ortho nitro benzene ring substituents is 1. The highest BCUT2D eigenvalue weighted by molar-refractivity contribution is 7.22. The SMILES string of the molecule is O=C(OC1CCN(c2nc(=O)c3cc(C(F)(F)F)cc([N+](=O)[O-])c3s2)CC1)c1ccccc1Cl. The summed E-state index contributed by atoms with van der Waals surface area (Å²) in [5, 5.41) is 11.4. The summed E-state index contributed by atoms with van der Waals surface area (Å²) >= 11 is 6.79. The van der Waals surface area contributed by atoms with E-state index in [0.29, 0.717) is 38.1 Å². The Morgan fingerprint density at radius 2 is 1.91 bits per heavy atom. The minimum Gasteiger partial charge on any atom is -0.459 e. The number of alkyl halides is 3. The molecule has 2 aromatic carbocycles. The lowest BCUT2D eigenvalue weighted by atomic mass is 10.1. The summed E-state index contributed by atoms with van der Waals surface area (Å²) in [5.41, 5.74) is -2.83. The van der Waals surface area contributed by atoms with Crippen molar-refractivity contribution in [3.63, 3.8) is 0 Å². The van der Waals surface area contributed by atoms with Gasteiger partial charge in [-0.15, -0.1) is 0 Å². The molecule has 8 nitrogen and oxygen atoms in total. The quantitative estimate of drug-likeness (QED) is 0.273. The molecule has 0 radical (unpaired) electrons. The monoisotopic (exact) mass is 513 g/mol. The topological polar surface area (TPSA) is 103 Å². The van der Waals surface area contributed by atoms with Gasteiger partial charge in [0.25, 0.3) is 11.2 Å². The number of hydrogen-bond acceptors (Lipinski definition) is 8. The number of hydrogen-bond donors (Lipinski definition) is 0. The van der Waals surface area contributed by atoms with Crippen LogP contribution in [0.4, 0.5) is 24.0 Å². The van der Waals surface area contributed by atoms with Gasteiger partial charge in [-0.05, 0) is 18.2 Å². The Kier molecular flexibility index (Phi) is 6.45. The molecule has 1 aliphatic rings. The van der Waals surface area contributed by atoms with Crippen molar-refractivity contribution >= 4 is 49.8 Å². The van der Waals surface area contributed by atoms with Crippen molar-refractivity contribution in [3.05, 3.63) is 73.0 Å². The summed E-state index contributed by atoms with van der Waals surface area (Å²) in [4.78, 5) is 40.9. The van der Waals surface area contributed by atoms with Crippen LogP contribution >= 0.6 is 22.9 Å². The molecule has 1 saturated heterocycles. The zero-order chi connectivity index (χ0) is 24.6. The lowest BCUT2D eigenvalue weighted by molar-refractivity contribution is -0.383. The smallest absolute Gasteiger partial charge is 0.416 e. The molecule has 13 heteroatoms. The molecule has 0 spiro atoms. The van der Waals surface area contributed by atoms with Crippen molar-refractivity contribution in [2.75, 3.05) is 18.0 Å². The Bertz CT molecular complexity index is 1340. The molecule has 0 N–H and O–H groups in total. The molecular weight excluding hydrogens is 499 g/mol. The standard InChI is InChI=1S/C21H15ClF3N3O5S/c22-15-4-2-1-3-13(15)19(30)33-12-5-7-27(8-6-12)20-26-18(29)14-9-11(21(23,24)25)10-16(28(31)32)17(14)34-20/h1-4,9-10,12H,5-8H2. The number of fused-ring (bicyclic) bond motifs is 1. The van der Waals surface area contributed by atoms with Crippen LogP contribution in [0.5, 0.6) is 0 Å². The molecular formula is C21H15ClF3N3O5S. The van der Waals surface area contributed by atoms with Crippen LogP contribution in [-0.2, 0) is 10.9 Å². The van der Waals surface area contributed by atoms with E-state index in [1.54, 1.807) is 29.2 Å². The van der Waals surface area contributed by atoms with Gasteiger partial charge in [0.05, 0.1) is 26.5 Å². The van der Waals surface area contributed by atoms with E-state index in [2.05, 4.69) is 4.98 Å². The number of benzene rings is 2. The molecule has 34 heavy (non-hydrogen) atoms. The first-order valence-corrected chi connectivity index (χ1v) is 11.1. The molecule has 0 aliphatic carbocycles. The third kappa shape index (κ3) is 4.82. The third-order valence-corrected chi connectivity index (χ3v) is 6.79. The number of halogens is 4.